The van der Waals surface area contributed by atoms with E-state index in [1.807, 2.05) is 0 Å². The predicted molar refractivity (Wildman–Crippen MR) is 87.7 cm³/mol. The van der Waals surface area contributed by atoms with Crippen LogP contribution in [-0.2, 0) is 9.59 Å². The van der Waals surface area contributed by atoms with E-state index < -0.39 is 22.8 Å². The summed E-state index contributed by atoms with van der Waals surface area (Å²) in [4.78, 5) is 23.1. The van der Waals surface area contributed by atoms with Crippen LogP contribution in [-0.4, -0.2) is 71.0 Å². The van der Waals surface area contributed by atoms with Crippen LogP contribution in [0, 0.1) is 10.8 Å². The normalized spacial score (nSPS) is 11.8. The van der Waals surface area contributed by atoms with E-state index in [1.54, 1.807) is 20.8 Å². The molecule has 0 aromatic rings. The van der Waals surface area contributed by atoms with Gasteiger partial charge in [0.2, 0.25) is 0 Å². The van der Waals surface area contributed by atoms with Crippen LogP contribution in [0.15, 0.2) is 0 Å². The van der Waals surface area contributed by atoms with Crippen molar-refractivity contribution in [2.75, 3.05) is 0 Å². The molecular formula is C16H32BaO4. The molecule has 21 heavy (non-hydrogen) atoms. The standard InChI is InChI=1S/C16H30O4.Ba.2H/c1-5-6-7-8-9-10-11-12-16(13(17)18,14(19)20)15(2,3)4;;;/h5-12H2,1-4H3,(H,17,18)(H,19,20);;;/q;+2;2*-1. The number of hydrogen-bond donors (Lipinski definition) is 2. The monoisotopic (exact) mass is 426 g/mol. The maximum Gasteiger partial charge on any atom is 2.00 e. The third-order valence-corrected chi connectivity index (χ3v) is 4.17. The summed E-state index contributed by atoms with van der Waals surface area (Å²) in [5, 5.41) is 18.8. The zero-order valence-corrected chi connectivity index (χ0v) is 18.5. The predicted octanol–water partition coefficient (Wildman–Crippen LogP) is 4.17. The average Bonchev–Trinajstić information content (AvgIpc) is 2.30. The molecule has 0 aliphatic heterocycles. The molecule has 0 aliphatic carbocycles. The molecule has 5 heteroatoms. The molecule has 0 bridgehead atoms. The number of carboxylic acid groups (broad SMARTS) is 2. The Balaban J connectivity index is -0.000000602. The molecule has 2 N–H and O–H groups in total. The van der Waals surface area contributed by atoms with Crippen molar-refractivity contribution in [3.63, 3.8) is 0 Å². The minimum atomic E-state index is -1.68. The number of carboxylic acids is 2. The first kappa shape index (κ1) is 23.8. The van der Waals surface area contributed by atoms with Gasteiger partial charge in [-0.2, -0.15) is 0 Å². The maximum absolute atomic E-state index is 11.5. The summed E-state index contributed by atoms with van der Waals surface area (Å²) in [5.41, 5.74) is -2.48. The van der Waals surface area contributed by atoms with E-state index in [9.17, 15) is 19.8 Å². The van der Waals surface area contributed by atoms with Crippen LogP contribution in [0.4, 0.5) is 0 Å². The van der Waals surface area contributed by atoms with Crippen molar-refractivity contribution in [1.82, 2.24) is 0 Å². The second-order valence-corrected chi connectivity index (χ2v) is 6.64. The Kier molecular flexibility index (Phi) is 12.6. The Labute approximate surface area is 172 Å². The van der Waals surface area contributed by atoms with Crippen LogP contribution >= 0.6 is 0 Å². The first-order valence-electron chi connectivity index (χ1n) is 7.67. The fraction of sp³-hybridized carbons (Fsp3) is 0.875. The zero-order valence-electron chi connectivity index (χ0n) is 16.1. The summed E-state index contributed by atoms with van der Waals surface area (Å²) >= 11 is 0. The van der Waals surface area contributed by atoms with E-state index in [4.69, 9.17) is 0 Å². The van der Waals surface area contributed by atoms with Crippen molar-refractivity contribution in [2.45, 2.75) is 79.1 Å². The molecule has 0 spiro atoms. The smallest absolute Gasteiger partial charge is 1.00 e. The van der Waals surface area contributed by atoms with Crippen LogP contribution < -0.4 is 0 Å². The molecule has 0 fully saturated rings. The third-order valence-electron chi connectivity index (χ3n) is 4.17. The number of unbranched alkanes of at least 4 members (excludes halogenated alkanes) is 6. The molecule has 0 atom stereocenters. The van der Waals surface area contributed by atoms with E-state index >= 15 is 0 Å². The molecule has 0 aromatic carbocycles. The van der Waals surface area contributed by atoms with Crippen molar-refractivity contribution >= 4 is 60.8 Å². The van der Waals surface area contributed by atoms with Gasteiger partial charge in [0.25, 0.3) is 0 Å². The van der Waals surface area contributed by atoms with Gasteiger partial charge in [0, 0.05) is 0 Å². The number of carbonyl (C=O) groups is 2. The van der Waals surface area contributed by atoms with Crippen molar-refractivity contribution < 1.29 is 22.7 Å². The van der Waals surface area contributed by atoms with Crippen molar-refractivity contribution in [3.8, 4) is 0 Å². The summed E-state index contributed by atoms with van der Waals surface area (Å²) in [6, 6.07) is 0. The minimum Gasteiger partial charge on any atom is -1.00 e. The van der Waals surface area contributed by atoms with Crippen molar-refractivity contribution in [3.05, 3.63) is 0 Å². The van der Waals surface area contributed by atoms with E-state index in [2.05, 4.69) is 6.92 Å². The van der Waals surface area contributed by atoms with E-state index in [0.717, 1.165) is 19.3 Å². The van der Waals surface area contributed by atoms with Crippen LogP contribution in [0.1, 0.15) is 81.9 Å². The summed E-state index contributed by atoms with van der Waals surface area (Å²) < 4.78 is 0. The van der Waals surface area contributed by atoms with Gasteiger partial charge in [-0.1, -0.05) is 72.6 Å². The van der Waals surface area contributed by atoms with Gasteiger partial charge in [0.05, 0.1) is 0 Å². The molecule has 0 amide bonds. The second-order valence-electron chi connectivity index (χ2n) is 6.64. The average molecular weight is 426 g/mol. The molecule has 4 nitrogen and oxygen atoms in total. The van der Waals surface area contributed by atoms with Gasteiger partial charge in [-0.15, -0.1) is 0 Å². The van der Waals surface area contributed by atoms with Gasteiger partial charge in [-0.3, -0.25) is 9.59 Å². The summed E-state index contributed by atoms with van der Waals surface area (Å²) in [7, 11) is 0. The SMILES string of the molecule is CCCCCCCCCC(C(=O)O)(C(=O)O)C(C)(C)C.[Ba+2].[H-].[H-]. The first-order valence-corrected chi connectivity index (χ1v) is 7.67. The van der Waals surface area contributed by atoms with Gasteiger partial charge >= 0.3 is 60.8 Å². The zero-order chi connectivity index (χ0) is 15.8. The molecule has 0 radical (unpaired) electrons. The first-order chi connectivity index (χ1) is 9.20. The van der Waals surface area contributed by atoms with E-state index in [1.165, 1.54) is 19.3 Å². The molecule has 0 unspecified atom stereocenters. The van der Waals surface area contributed by atoms with Gasteiger partial charge < -0.3 is 13.1 Å². The van der Waals surface area contributed by atoms with E-state index in [0.29, 0.717) is 6.42 Å². The number of hydrogen-bond acceptors (Lipinski definition) is 2. The molecule has 0 heterocycles. The van der Waals surface area contributed by atoms with Gasteiger partial charge in [0.1, 0.15) is 0 Å². The molecular weight excluding hydrogens is 394 g/mol. The summed E-state index contributed by atoms with van der Waals surface area (Å²) in [6.45, 7) is 7.24. The third kappa shape index (κ3) is 7.08. The Hall–Kier alpha value is 0.511. The molecule has 0 rings (SSSR count). The minimum absolute atomic E-state index is 0. The Morgan fingerprint density at radius 3 is 1.57 bits per heavy atom. The molecule has 122 valence electrons. The molecule has 0 saturated heterocycles. The summed E-state index contributed by atoms with van der Waals surface area (Å²) in [5.74, 6) is -2.44. The van der Waals surface area contributed by atoms with Crippen LogP contribution in [0.3, 0.4) is 0 Å². The van der Waals surface area contributed by atoms with Gasteiger partial charge in [0.15, 0.2) is 5.41 Å². The number of aliphatic carboxylic acids is 2. The van der Waals surface area contributed by atoms with Crippen LogP contribution in [0.25, 0.3) is 0 Å². The summed E-state index contributed by atoms with van der Waals surface area (Å²) in [6.07, 6.45) is 7.61. The van der Waals surface area contributed by atoms with Crippen LogP contribution in [0.2, 0.25) is 0 Å². The van der Waals surface area contributed by atoms with Gasteiger partial charge in [-0.25, -0.2) is 0 Å². The van der Waals surface area contributed by atoms with Crippen molar-refractivity contribution in [2.24, 2.45) is 10.8 Å². The molecule has 0 aromatic heterocycles. The molecule has 0 aliphatic rings. The fourth-order valence-electron chi connectivity index (χ4n) is 2.67. The van der Waals surface area contributed by atoms with E-state index in [-0.39, 0.29) is 58.2 Å². The maximum atomic E-state index is 11.5. The topological polar surface area (TPSA) is 74.6 Å². The largest absolute Gasteiger partial charge is 2.00 e. The van der Waals surface area contributed by atoms with Crippen molar-refractivity contribution in [1.29, 1.82) is 0 Å². The van der Waals surface area contributed by atoms with Gasteiger partial charge in [-0.05, 0) is 11.8 Å². The Morgan fingerprint density at radius 1 is 0.857 bits per heavy atom. The molecule has 0 saturated carbocycles. The number of rotatable bonds is 10. The quantitative estimate of drug-likeness (QED) is 0.313. The Morgan fingerprint density at radius 2 is 1.24 bits per heavy atom. The second kappa shape index (κ2) is 11.1. The fourth-order valence-corrected chi connectivity index (χ4v) is 2.67. The van der Waals surface area contributed by atoms with Crippen LogP contribution in [0.5, 0.6) is 0 Å². The Bertz CT molecular complexity index is 317.